The Morgan fingerprint density at radius 2 is 2.12 bits per heavy atom. The zero-order chi connectivity index (χ0) is 24.8. The molecule has 1 aliphatic carbocycles. The van der Waals surface area contributed by atoms with Crippen molar-refractivity contribution in [2.24, 2.45) is 15.9 Å². The smallest absolute Gasteiger partial charge is 0.131 e. The van der Waals surface area contributed by atoms with E-state index in [0.29, 0.717) is 25.9 Å². The van der Waals surface area contributed by atoms with Crippen LogP contribution in [0.3, 0.4) is 0 Å². The molecule has 0 radical (unpaired) electrons. The van der Waals surface area contributed by atoms with Crippen LogP contribution in [0.4, 0.5) is 4.39 Å². The van der Waals surface area contributed by atoms with Crippen LogP contribution in [-0.2, 0) is 17.5 Å². The number of hydrogen-bond acceptors (Lipinski definition) is 6. The summed E-state index contributed by atoms with van der Waals surface area (Å²) in [5.41, 5.74) is 4.17. The minimum absolute atomic E-state index is 0.0704. The van der Waals surface area contributed by atoms with Crippen LogP contribution in [0.2, 0.25) is 0 Å². The number of thioether (sulfide) groups is 1. The van der Waals surface area contributed by atoms with E-state index in [1.54, 1.807) is 11.8 Å². The second kappa shape index (κ2) is 12.5. The summed E-state index contributed by atoms with van der Waals surface area (Å²) in [6.45, 7) is 13.5. The topological polar surface area (TPSA) is 68.1 Å². The molecular weight excluding hydrogens is 469 g/mol. The molecule has 1 heterocycles. The number of aliphatic imine (C=N–C) groups is 2. The van der Waals surface area contributed by atoms with Crippen LogP contribution in [0.25, 0.3) is 0 Å². The molecule has 1 aromatic rings. The number of nitrogens with zero attached hydrogens (tertiary/aromatic N) is 3. The predicted molar refractivity (Wildman–Crippen MR) is 141 cm³/mol. The zero-order valence-electron chi connectivity index (χ0n) is 20.8. The number of hydrogen-bond donors (Lipinski definition) is 0. The third-order valence-corrected chi connectivity index (χ3v) is 9.46. The summed E-state index contributed by atoms with van der Waals surface area (Å²) in [5, 5.41) is -0.361. The second-order valence-electron chi connectivity index (χ2n) is 9.23. The Balaban J connectivity index is 1.80. The molecule has 1 aromatic carbocycles. The fourth-order valence-electron chi connectivity index (χ4n) is 4.69. The molecule has 0 bridgehead atoms. The summed E-state index contributed by atoms with van der Waals surface area (Å²) in [4.78, 5) is 12.6. The second-order valence-corrected chi connectivity index (χ2v) is 11.6. The highest BCUT2D eigenvalue weighted by molar-refractivity contribution is 8.00. The fourth-order valence-corrected chi connectivity index (χ4v) is 6.46. The van der Waals surface area contributed by atoms with E-state index in [1.807, 2.05) is 26.0 Å². The van der Waals surface area contributed by atoms with Crippen LogP contribution >= 0.6 is 11.8 Å². The first kappa shape index (κ1) is 27.1. The molecule has 0 aromatic heterocycles. The van der Waals surface area contributed by atoms with E-state index in [9.17, 15) is 13.2 Å². The third kappa shape index (κ3) is 6.38. The number of unbranched alkanes of at least 4 members (excludes halogenated alkanes) is 1. The van der Waals surface area contributed by atoms with Crippen molar-refractivity contribution in [3.63, 3.8) is 0 Å². The standard InChI is InChI=1S/C26H38FN3O2S2/c1-6-21(34(31)32)10-8-9-13-30(26-18(4)19(5)28-16-29-26)25(7-2)33-24-15-22-20(14-17(24)3)11-12-23(22)27/h7,14-15,18,21,23,25H,2,6,8-13,16H2,1,3-5H3,(H,31,32)/p-1. The van der Waals surface area contributed by atoms with Crippen molar-refractivity contribution < 1.29 is 13.2 Å². The van der Waals surface area contributed by atoms with Gasteiger partial charge in [0.25, 0.3) is 0 Å². The van der Waals surface area contributed by atoms with Crippen molar-refractivity contribution in [2.45, 2.75) is 87.9 Å². The van der Waals surface area contributed by atoms with Crippen molar-refractivity contribution in [1.82, 2.24) is 4.90 Å². The first-order valence-electron chi connectivity index (χ1n) is 12.2. The average Bonchev–Trinajstić information content (AvgIpc) is 3.16. The molecular formula is C26H37FN3O2S2-. The molecule has 5 unspecified atom stereocenters. The van der Waals surface area contributed by atoms with Crippen molar-refractivity contribution in [2.75, 3.05) is 13.2 Å². The Kier molecular flexibility index (Phi) is 9.92. The number of rotatable bonds is 11. The summed E-state index contributed by atoms with van der Waals surface area (Å²) in [7, 11) is 0. The van der Waals surface area contributed by atoms with Crippen molar-refractivity contribution in [3.05, 3.63) is 41.5 Å². The molecule has 5 nitrogen and oxygen atoms in total. The van der Waals surface area contributed by atoms with Gasteiger partial charge in [-0.05, 0) is 68.7 Å². The van der Waals surface area contributed by atoms with Gasteiger partial charge in [0, 0.05) is 22.4 Å². The molecule has 2 aliphatic rings. The summed E-state index contributed by atoms with van der Waals surface area (Å²) < 4.78 is 37.2. The summed E-state index contributed by atoms with van der Waals surface area (Å²) in [5.74, 6) is 1.09. The summed E-state index contributed by atoms with van der Waals surface area (Å²) in [6.07, 6.45) is 5.41. The summed E-state index contributed by atoms with van der Waals surface area (Å²) in [6, 6.07) is 4.16. The quantitative estimate of drug-likeness (QED) is 0.119. The third-order valence-electron chi connectivity index (χ3n) is 6.96. The van der Waals surface area contributed by atoms with Gasteiger partial charge in [-0.3, -0.25) is 9.20 Å². The summed E-state index contributed by atoms with van der Waals surface area (Å²) >= 11 is -0.345. The lowest BCUT2D eigenvalue weighted by Crippen LogP contribution is -2.44. The minimum atomic E-state index is -2.03. The minimum Gasteiger partial charge on any atom is -0.772 e. The van der Waals surface area contributed by atoms with E-state index in [-0.39, 0.29) is 16.5 Å². The fraction of sp³-hybridized carbons (Fsp3) is 0.615. The Morgan fingerprint density at radius 3 is 2.79 bits per heavy atom. The number of benzene rings is 1. The zero-order valence-corrected chi connectivity index (χ0v) is 22.4. The van der Waals surface area contributed by atoms with Gasteiger partial charge in [0.15, 0.2) is 0 Å². The first-order valence-corrected chi connectivity index (χ1v) is 14.2. The first-order chi connectivity index (χ1) is 16.3. The maximum Gasteiger partial charge on any atom is 0.131 e. The Hall–Kier alpha value is -1.51. The van der Waals surface area contributed by atoms with Gasteiger partial charge in [-0.1, -0.05) is 55.3 Å². The molecule has 0 spiro atoms. The highest BCUT2D eigenvalue weighted by atomic mass is 32.2. The van der Waals surface area contributed by atoms with E-state index in [1.165, 1.54) is 0 Å². The lowest BCUT2D eigenvalue weighted by Gasteiger charge is -2.36. The van der Waals surface area contributed by atoms with Gasteiger partial charge >= 0.3 is 0 Å². The Bertz CT molecular complexity index is 966. The van der Waals surface area contributed by atoms with E-state index in [4.69, 9.17) is 4.99 Å². The maximum absolute atomic E-state index is 14.4. The SMILES string of the molecule is C=CC(Sc1cc2c(cc1C)CCC2F)N(CCCCC(CC)S(=O)[O-])C1=NCN=C(C)C1C. The van der Waals surface area contributed by atoms with E-state index < -0.39 is 17.3 Å². The Morgan fingerprint density at radius 1 is 1.35 bits per heavy atom. The van der Waals surface area contributed by atoms with E-state index >= 15 is 0 Å². The largest absolute Gasteiger partial charge is 0.772 e. The van der Waals surface area contributed by atoms with Gasteiger partial charge in [0.1, 0.15) is 18.7 Å². The molecule has 8 heteroatoms. The van der Waals surface area contributed by atoms with Crippen LogP contribution in [-0.4, -0.2) is 49.0 Å². The van der Waals surface area contributed by atoms with Gasteiger partial charge in [0.2, 0.25) is 0 Å². The molecule has 0 saturated heterocycles. The monoisotopic (exact) mass is 506 g/mol. The molecule has 0 N–H and O–H groups in total. The maximum atomic E-state index is 14.4. The van der Waals surface area contributed by atoms with Gasteiger partial charge in [0.05, 0.1) is 11.3 Å². The molecule has 34 heavy (non-hydrogen) atoms. The van der Waals surface area contributed by atoms with Gasteiger partial charge < -0.3 is 9.45 Å². The normalized spacial score (nSPS) is 22.4. The number of halogens is 1. The number of amidine groups is 1. The van der Waals surface area contributed by atoms with E-state index in [2.05, 4.69) is 36.4 Å². The van der Waals surface area contributed by atoms with Crippen LogP contribution in [0.1, 0.15) is 75.7 Å². The lowest BCUT2D eigenvalue weighted by molar-refractivity contribution is 0.343. The van der Waals surface area contributed by atoms with Crippen LogP contribution in [0, 0.1) is 12.8 Å². The molecule has 188 valence electrons. The van der Waals surface area contributed by atoms with Gasteiger partial charge in [-0.15, -0.1) is 6.58 Å². The Labute approximate surface area is 210 Å². The number of alkyl halides is 1. The van der Waals surface area contributed by atoms with Crippen molar-refractivity contribution in [1.29, 1.82) is 0 Å². The molecule has 0 amide bonds. The molecule has 3 rings (SSSR count). The van der Waals surface area contributed by atoms with Crippen LogP contribution in [0.5, 0.6) is 0 Å². The lowest BCUT2D eigenvalue weighted by atomic mass is 10.0. The molecule has 5 atom stereocenters. The number of fused-ring (bicyclic) bond motifs is 1. The molecule has 0 saturated carbocycles. The van der Waals surface area contributed by atoms with Crippen molar-refractivity contribution >= 4 is 34.4 Å². The van der Waals surface area contributed by atoms with E-state index in [0.717, 1.165) is 58.9 Å². The predicted octanol–water partition coefficient (Wildman–Crippen LogP) is 6.15. The van der Waals surface area contributed by atoms with Crippen molar-refractivity contribution in [3.8, 4) is 0 Å². The van der Waals surface area contributed by atoms with Crippen LogP contribution < -0.4 is 0 Å². The van der Waals surface area contributed by atoms with Gasteiger partial charge in [-0.2, -0.15) is 0 Å². The average molecular weight is 507 g/mol. The highest BCUT2D eigenvalue weighted by Gasteiger charge is 2.29. The highest BCUT2D eigenvalue weighted by Crippen LogP contribution is 2.40. The molecule has 1 aliphatic heterocycles. The van der Waals surface area contributed by atoms with Gasteiger partial charge in [-0.25, -0.2) is 9.38 Å². The molecule has 0 fully saturated rings. The number of aryl methyl sites for hydroxylation is 2. The van der Waals surface area contributed by atoms with Crippen LogP contribution in [0.15, 0.2) is 39.7 Å².